The number of halogens is 1. The molecule has 0 bridgehead atoms. The standard InChI is InChI=1S/C24H20NOSe.ClHO4/c1-25(2)18-11-8-17(9-12-18)10-14-20-21-6-4-5-7-23(21)27-24-16-19(26-3)13-15-22(20)24;2-1(3,4)5/h4-9,11-13,15-16H,1-3H3;(H,2,3,4,5)/q+1;/p-1. The van der Waals surface area contributed by atoms with E-state index in [1.165, 1.54) is 25.0 Å². The molecule has 32 heavy (non-hydrogen) atoms. The van der Waals surface area contributed by atoms with Crippen LogP contribution in [0.5, 0.6) is 5.75 Å². The summed E-state index contributed by atoms with van der Waals surface area (Å²) in [5, 5.41) is 2.49. The molecule has 4 rings (SSSR count). The minimum atomic E-state index is -4.94. The van der Waals surface area contributed by atoms with Crippen molar-refractivity contribution >= 4 is 39.5 Å². The first-order chi connectivity index (χ1) is 15.2. The van der Waals surface area contributed by atoms with Crippen molar-refractivity contribution in [3.8, 4) is 17.6 Å². The largest absolute Gasteiger partial charge is 0.222 e. The summed E-state index contributed by atoms with van der Waals surface area (Å²) in [6, 6.07) is 23.3. The maximum Gasteiger partial charge on any atom is -0.112 e. The predicted molar refractivity (Wildman–Crippen MR) is 116 cm³/mol. The van der Waals surface area contributed by atoms with Crippen molar-refractivity contribution in [1.82, 2.24) is 0 Å². The van der Waals surface area contributed by atoms with Crippen LogP contribution in [0.1, 0.15) is 11.1 Å². The van der Waals surface area contributed by atoms with E-state index in [2.05, 4.69) is 77.4 Å². The van der Waals surface area contributed by atoms with E-state index in [-0.39, 0.29) is 14.5 Å². The van der Waals surface area contributed by atoms with E-state index >= 15 is 0 Å². The molecule has 0 atom stereocenters. The summed E-state index contributed by atoms with van der Waals surface area (Å²) in [6.07, 6.45) is 0. The summed E-state index contributed by atoms with van der Waals surface area (Å²) in [5.41, 5.74) is 3.31. The van der Waals surface area contributed by atoms with Gasteiger partial charge < -0.3 is 0 Å². The van der Waals surface area contributed by atoms with Gasteiger partial charge in [0.15, 0.2) is 0 Å². The van der Waals surface area contributed by atoms with Gasteiger partial charge in [-0.15, -0.1) is 10.2 Å². The number of nitrogens with zero attached hydrogens (tertiary/aromatic N) is 1. The molecule has 3 aromatic carbocycles. The molecule has 0 amide bonds. The van der Waals surface area contributed by atoms with Gasteiger partial charge >= 0.3 is 166 Å². The van der Waals surface area contributed by atoms with Gasteiger partial charge in [0.05, 0.1) is 0 Å². The van der Waals surface area contributed by atoms with Gasteiger partial charge in [-0.2, -0.15) is 0 Å². The Kier molecular flexibility index (Phi) is 7.73. The third kappa shape index (κ3) is 6.42. The molecular formula is C24H20ClNO5Se. The number of anilines is 1. The van der Waals surface area contributed by atoms with Crippen LogP contribution in [0, 0.1) is 22.1 Å². The molecule has 0 N–H and O–H groups in total. The molecule has 0 unspecified atom stereocenters. The molecule has 1 aromatic heterocycles. The molecule has 1 heterocycles. The quantitative estimate of drug-likeness (QED) is 0.212. The van der Waals surface area contributed by atoms with Crippen LogP contribution < -0.4 is 28.3 Å². The van der Waals surface area contributed by atoms with Crippen LogP contribution in [0.15, 0.2) is 66.7 Å². The number of benzene rings is 3. The van der Waals surface area contributed by atoms with Gasteiger partial charge in [0.1, 0.15) is 0 Å². The topological polar surface area (TPSA) is 105 Å². The summed E-state index contributed by atoms with van der Waals surface area (Å²) in [5.74, 6) is 7.72. The average Bonchev–Trinajstić information content (AvgIpc) is 2.75. The summed E-state index contributed by atoms with van der Waals surface area (Å²) < 4.78 is 42.1. The predicted octanol–water partition coefficient (Wildman–Crippen LogP) is 0.0495. The van der Waals surface area contributed by atoms with E-state index in [0.29, 0.717) is 0 Å². The number of fused-ring (bicyclic) bond motifs is 2. The van der Waals surface area contributed by atoms with Crippen molar-refractivity contribution in [2.24, 2.45) is 0 Å². The Morgan fingerprint density at radius 3 is 2.06 bits per heavy atom. The van der Waals surface area contributed by atoms with Crippen molar-refractivity contribution in [1.29, 1.82) is 0 Å². The van der Waals surface area contributed by atoms with Crippen LogP contribution in [0.4, 0.5) is 5.69 Å². The second-order valence-electron chi connectivity index (χ2n) is 6.90. The Morgan fingerprint density at radius 1 is 0.812 bits per heavy atom. The first kappa shape index (κ1) is 24.0. The fourth-order valence-electron chi connectivity index (χ4n) is 3.06. The normalized spacial score (nSPS) is 10.7. The van der Waals surface area contributed by atoms with Crippen molar-refractivity contribution < 1.29 is 33.6 Å². The zero-order valence-electron chi connectivity index (χ0n) is 17.6. The van der Waals surface area contributed by atoms with E-state index in [1.54, 1.807) is 7.11 Å². The van der Waals surface area contributed by atoms with Crippen LogP contribution >= 0.6 is 0 Å². The van der Waals surface area contributed by atoms with E-state index in [1.807, 2.05) is 20.2 Å². The minimum absolute atomic E-state index is 0.263. The maximum atomic E-state index is 8.49. The third-order valence-corrected chi connectivity index (χ3v) is 6.93. The molecule has 0 saturated carbocycles. The summed E-state index contributed by atoms with van der Waals surface area (Å²) in [6.45, 7) is 0. The molecule has 8 heteroatoms. The van der Waals surface area contributed by atoms with Gasteiger partial charge in [0.25, 0.3) is 0 Å². The van der Waals surface area contributed by atoms with Gasteiger partial charge in [-0.25, -0.2) is 18.6 Å². The summed E-state index contributed by atoms with van der Waals surface area (Å²) in [7, 11) is 0.859. The summed E-state index contributed by atoms with van der Waals surface area (Å²) >= 11 is 0.263. The smallest absolute Gasteiger partial charge is 0.112 e. The Morgan fingerprint density at radius 2 is 1.44 bits per heavy atom. The van der Waals surface area contributed by atoms with E-state index < -0.39 is 10.2 Å². The van der Waals surface area contributed by atoms with E-state index in [4.69, 9.17) is 23.4 Å². The second kappa shape index (κ2) is 10.3. The first-order valence-electron chi connectivity index (χ1n) is 9.39. The van der Waals surface area contributed by atoms with Crippen LogP contribution in [0.3, 0.4) is 0 Å². The van der Waals surface area contributed by atoms with Crippen LogP contribution in [0.25, 0.3) is 19.3 Å². The number of hydrogen-bond acceptors (Lipinski definition) is 6. The molecule has 6 nitrogen and oxygen atoms in total. The summed E-state index contributed by atoms with van der Waals surface area (Å²) in [4.78, 5) is 2.09. The van der Waals surface area contributed by atoms with E-state index in [0.717, 1.165) is 16.9 Å². The first-order valence-corrected chi connectivity index (χ1v) is 12.3. The van der Waals surface area contributed by atoms with Crippen molar-refractivity contribution in [3.05, 3.63) is 77.9 Å². The number of hydrogen-bond donors (Lipinski definition) is 0. The second-order valence-corrected chi connectivity index (χ2v) is 9.93. The monoisotopic (exact) mass is 517 g/mol. The molecule has 0 aliphatic carbocycles. The Hall–Kier alpha value is -2.66. The molecule has 0 saturated heterocycles. The molecule has 0 radical (unpaired) electrons. The van der Waals surface area contributed by atoms with Gasteiger partial charge in [-0.3, -0.25) is 0 Å². The van der Waals surface area contributed by atoms with Crippen molar-refractivity contribution in [3.63, 3.8) is 0 Å². The Balaban J connectivity index is 0.000000523. The molecular weight excluding hydrogens is 497 g/mol. The van der Waals surface area contributed by atoms with Gasteiger partial charge in [-0.1, -0.05) is 0 Å². The molecule has 0 spiro atoms. The maximum absolute atomic E-state index is 8.49. The fraction of sp³-hybridized carbons (Fsp3) is 0.125. The van der Waals surface area contributed by atoms with Crippen molar-refractivity contribution in [2.45, 2.75) is 0 Å². The zero-order chi connectivity index (χ0) is 23.3. The van der Waals surface area contributed by atoms with E-state index in [9.17, 15) is 0 Å². The van der Waals surface area contributed by atoms with Crippen LogP contribution in [0.2, 0.25) is 0 Å². The average molecular weight is 517 g/mol. The van der Waals surface area contributed by atoms with Gasteiger partial charge in [0.2, 0.25) is 0 Å². The van der Waals surface area contributed by atoms with Gasteiger partial charge in [0, 0.05) is 0 Å². The minimum Gasteiger partial charge on any atom is -0.222 e. The number of rotatable bonds is 2. The zero-order valence-corrected chi connectivity index (χ0v) is 20.1. The molecule has 0 fully saturated rings. The van der Waals surface area contributed by atoms with Crippen LogP contribution in [-0.4, -0.2) is 35.7 Å². The third-order valence-electron chi connectivity index (χ3n) is 4.55. The number of methoxy groups -OCH3 is 1. The Labute approximate surface area is 194 Å². The van der Waals surface area contributed by atoms with Gasteiger partial charge in [-0.05, 0) is 0 Å². The Bertz CT molecular complexity index is 1290. The molecule has 0 aliphatic rings. The van der Waals surface area contributed by atoms with Crippen molar-refractivity contribution in [2.75, 3.05) is 26.1 Å². The molecule has 0 aliphatic heterocycles. The number of ether oxygens (including phenoxy) is 1. The molecule has 164 valence electrons. The molecule has 4 aromatic rings. The fourth-order valence-corrected chi connectivity index (χ4v) is 5.41. The van der Waals surface area contributed by atoms with Crippen LogP contribution in [-0.2, 0) is 0 Å². The SMILES string of the molecule is COc1ccc2c(C#Cc3ccc(N(C)C)cc3)c3ccccc3[se+]c2c1.[O-][Cl+3]([O-])([O-])[O-].